The molecular formula is C17H14BrNO3S. The Labute approximate surface area is 143 Å². The van der Waals surface area contributed by atoms with Crippen LogP contribution in [0, 0.1) is 17.2 Å². The molecule has 6 heteroatoms. The molecule has 1 heterocycles. The third kappa shape index (κ3) is 3.26. The lowest BCUT2D eigenvalue weighted by Crippen LogP contribution is -2.03. The summed E-state index contributed by atoms with van der Waals surface area (Å²) in [6, 6.07) is 11.5. The number of nitriles is 1. The summed E-state index contributed by atoms with van der Waals surface area (Å²) in [7, 11) is -3.85. The first-order valence-electron chi connectivity index (χ1n) is 7.14. The predicted octanol–water partition coefficient (Wildman–Crippen LogP) is 4.50. The summed E-state index contributed by atoms with van der Waals surface area (Å²) in [5, 5.41) is 9.26. The van der Waals surface area contributed by atoms with E-state index in [-0.39, 0.29) is 9.80 Å². The second kappa shape index (κ2) is 5.99. The fraction of sp³-hybridized carbons (Fsp3) is 0.235. The Morgan fingerprint density at radius 1 is 1.30 bits per heavy atom. The molecule has 0 amide bonds. The van der Waals surface area contributed by atoms with E-state index in [0.717, 1.165) is 16.7 Å². The van der Waals surface area contributed by atoms with Gasteiger partial charge in [-0.1, -0.05) is 22.9 Å². The highest BCUT2D eigenvalue weighted by Gasteiger charge is 2.36. The van der Waals surface area contributed by atoms with Gasteiger partial charge in [-0.15, -0.1) is 0 Å². The molecule has 0 radical (unpaired) electrons. The zero-order chi connectivity index (χ0) is 16.6. The van der Waals surface area contributed by atoms with Gasteiger partial charge in [-0.3, -0.25) is 0 Å². The Bertz CT molecular complexity index is 904. The van der Waals surface area contributed by atoms with Gasteiger partial charge in [0.1, 0.15) is 17.6 Å². The number of nitrogens with zero attached hydrogens (tertiary/aromatic N) is 1. The van der Waals surface area contributed by atoms with Crippen LogP contribution in [-0.4, -0.2) is 8.42 Å². The van der Waals surface area contributed by atoms with E-state index in [0.29, 0.717) is 17.6 Å². The highest BCUT2D eigenvalue weighted by molar-refractivity contribution is 9.10. The first kappa shape index (κ1) is 16.0. The van der Waals surface area contributed by atoms with Crippen molar-refractivity contribution < 1.29 is 12.8 Å². The highest BCUT2D eigenvalue weighted by Crippen LogP contribution is 2.47. The third-order valence-electron chi connectivity index (χ3n) is 3.92. The zero-order valence-corrected chi connectivity index (χ0v) is 14.8. The second-order valence-electron chi connectivity index (χ2n) is 5.64. The summed E-state index contributed by atoms with van der Waals surface area (Å²) in [5.74, 6) is 2.24. The first-order chi connectivity index (χ1) is 10.9. The number of hydrogen-bond donors (Lipinski definition) is 0. The van der Waals surface area contributed by atoms with Crippen LogP contribution in [0.2, 0.25) is 0 Å². The van der Waals surface area contributed by atoms with Crippen molar-refractivity contribution in [2.24, 2.45) is 5.92 Å². The summed E-state index contributed by atoms with van der Waals surface area (Å²) < 4.78 is 31.5. The second-order valence-corrected chi connectivity index (χ2v) is 8.47. The minimum absolute atomic E-state index is 0.0797. The van der Waals surface area contributed by atoms with Crippen LogP contribution in [0.3, 0.4) is 0 Å². The maximum absolute atomic E-state index is 12.5. The molecule has 1 aliphatic rings. The topological polar surface area (TPSA) is 71.1 Å². The Morgan fingerprint density at radius 2 is 1.96 bits per heavy atom. The lowest BCUT2D eigenvalue weighted by atomic mass is 10.3. The van der Waals surface area contributed by atoms with E-state index >= 15 is 0 Å². The maximum Gasteiger partial charge on any atom is 0.216 e. The Kier molecular flexibility index (Phi) is 4.17. The monoisotopic (exact) mass is 391 g/mol. The van der Waals surface area contributed by atoms with Crippen LogP contribution in [0.4, 0.5) is 0 Å². The van der Waals surface area contributed by atoms with E-state index in [2.05, 4.69) is 22.9 Å². The van der Waals surface area contributed by atoms with Gasteiger partial charge in [0.05, 0.1) is 4.90 Å². The van der Waals surface area contributed by atoms with Crippen LogP contribution in [0.5, 0.6) is 0 Å². The number of rotatable bonds is 4. The van der Waals surface area contributed by atoms with Gasteiger partial charge in [0.2, 0.25) is 9.84 Å². The maximum atomic E-state index is 12.5. The molecule has 4 nitrogen and oxygen atoms in total. The first-order valence-corrected chi connectivity index (χ1v) is 9.41. The van der Waals surface area contributed by atoms with E-state index < -0.39 is 9.84 Å². The van der Waals surface area contributed by atoms with Crippen molar-refractivity contribution in [3.63, 3.8) is 0 Å². The summed E-state index contributed by atoms with van der Waals surface area (Å²) >= 11 is 3.26. The highest BCUT2D eigenvalue weighted by atomic mass is 79.9. The van der Waals surface area contributed by atoms with Crippen molar-refractivity contribution >= 4 is 31.8 Å². The number of hydrogen-bond acceptors (Lipinski definition) is 4. The van der Waals surface area contributed by atoms with Crippen molar-refractivity contribution in [3.8, 4) is 6.07 Å². The standard InChI is InChI=1S/C17H14BrNO3S/c1-11-8-16(11)17-7-4-13(22-17)9-15(10-19)23(20,21)14-5-2-12(18)3-6-14/h2-7,9,11,16H,8H2,1H3/b15-9+/t11-,16-/m0/s1. The van der Waals surface area contributed by atoms with Crippen LogP contribution in [0.1, 0.15) is 30.8 Å². The van der Waals surface area contributed by atoms with E-state index in [1.165, 1.54) is 18.2 Å². The summed E-state index contributed by atoms with van der Waals surface area (Å²) in [5.41, 5.74) is 0. The van der Waals surface area contributed by atoms with Crippen LogP contribution in [-0.2, 0) is 9.84 Å². The molecular weight excluding hydrogens is 378 g/mol. The predicted molar refractivity (Wildman–Crippen MR) is 90.1 cm³/mol. The molecule has 1 aromatic heterocycles. The van der Waals surface area contributed by atoms with Crippen LogP contribution < -0.4 is 0 Å². The molecule has 1 aromatic carbocycles. The number of allylic oxidation sites excluding steroid dienone is 1. The van der Waals surface area contributed by atoms with Gasteiger partial charge in [-0.05, 0) is 48.7 Å². The van der Waals surface area contributed by atoms with Gasteiger partial charge in [-0.2, -0.15) is 5.26 Å². The van der Waals surface area contributed by atoms with Crippen molar-refractivity contribution in [1.29, 1.82) is 5.26 Å². The van der Waals surface area contributed by atoms with Gasteiger partial charge in [-0.25, -0.2) is 8.42 Å². The zero-order valence-electron chi connectivity index (χ0n) is 12.4. The fourth-order valence-electron chi connectivity index (χ4n) is 2.40. The molecule has 0 N–H and O–H groups in total. The fourth-order valence-corrected chi connectivity index (χ4v) is 3.81. The number of sulfone groups is 1. The Hall–Kier alpha value is -1.84. The normalized spacial score (nSPS) is 21.0. The quantitative estimate of drug-likeness (QED) is 0.718. The Balaban J connectivity index is 1.93. The van der Waals surface area contributed by atoms with Gasteiger partial charge in [0, 0.05) is 16.5 Å². The minimum Gasteiger partial charge on any atom is -0.461 e. The molecule has 0 bridgehead atoms. The summed E-state index contributed by atoms with van der Waals surface area (Å²) in [6.45, 7) is 2.14. The average Bonchev–Trinajstić information content (AvgIpc) is 3.07. The molecule has 0 saturated heterocycles. The molecule has 1 saturated carbocycles. The van der Waals surface area contributed by atoms with Gasteiger partial charge in [0.15, 0.2) is 4.91 Å². The molecule has 3 rings (SSSR count). The largest absolute Gasteiger partial charge is 0.461 e. The molecule has 2 aromatic rings. The van der Waals surface area contributed by atoms with Crippen molar-refractivity contribution in [2.45, 2.75) is 24.2 Å². The SMILES string of the molecule is C[C@H]1C[C@@H]1c1ccc(/C=C(\C#N)S(=O)(=O)c2ccc(Br)cc2)o1. The average molecular weight is 392 g/mol. The molecule has 118 valence electrons. The molecule has 2 atom stereocenters. The number of benzene rings is 1. The lowest BCUT2D eigenvalue weighted by molar-refractivity contribution is 0.497. The van der Waals surface area contributed by atoms with Crippen LogP contribution in [0.15, 0.2) is 55.1 Å². The number of halogens is 1. The molecule has 0 spiro atoms. The van der Waals surface area contributed by atoms with Crippen LogP contribution >= 0.6 is 15.9 Å². The third-order valence-corrected chi connectivity index (χ3v) is 6.13. The molecule has 1 aliphatic carbocycles. The van der Waals surface area contributed by atoms with E-state index in [4.69, 9.17) is 4.42 Å². The minimum atomic E-state index is -3.85. The number of furan rings is 1. The summed E-state index contributed by atoms with van der Waals surface area (Å²) in [6.07, 6.45) is 2.37. The van der Waals surface area contributed by atoms with Gasteiger partial charge < -0.3 is 4.42 Å². The van der Waals surface area contributed by atoms with E-state index in [9.17, 15) is 13.7 Å². The molecule has 1 fully saturated rings. The van der Waals surface area contributed by atoms with Gasteiger partial charge in [0.25, 0.3) is 0 Å². The van der Waals surface area contributed by atoms with Gasteiger partial charge >= 0.3 is 0 Å². The lowest BCUT2D eigenvalue weighted by Gasteiger charge is -2.02. The molecule has 0 unspecified atom stereocenters. The van der Waals surface area contributed by atoms with E-state index in [1.54, 1.807) is 24.3 Å². The molecule has 0 aliphatic heterocycles. The van der Waals surface area contributed by atoms with Crippen molar-refractivity contribution in [3.05, 3.63) is 57.3 Å². The van der Waals surface area contributed by atoms with Crippen molar-refractivity contribution in [2.75, 3.05) is 0 Å². The Morgan fingerprint density at radius 3 is 2.52 bits per heavy atom. The molecule has 23 heavy (non-hydrogen) atoms. The van der Waals surface area contributed by atoms with E-state index in [1.807, 2.05) is 6.07 Å². The van der Waals surface area contributed by atoms with Crippen molar-refractivity contribution in [1.82, 2.24) is 0 Å². The van der Waals surface area contributed by atoms with Crippen LogP contribution in [0.25, 0.3) is 6.08 Å². The smallest absolute Gasteiger partial charge is 0.216 e. The summed E-state index contributed by atoms with van der Waals surface area (Å²) in [4.78, 5) is -0.249.